The van der Waals surface area contributed by atoms with Crippen molar-refractivity contribution < 1.29 is 9.47 Å². The second kappa shape index (κ2) is 4.74. The highest BCUT2D eigenvalue weighted by Crippen LogP contribution is 2.38. The Hall–Kier alpha value is -1.22. The SMILES string of the molecule is COc1cc(OC)cc([C@H](N)C2CCC2)c1. The summed E-state index contributed by atoms with van der Waals surface area (Å²) in [6.45, 7) is 0. The van der Waals surface area contributed by atoms with Gasteiger partial charge < -0.3 is 15.2 Å². The Labute approximate surface area is 96.5 Å². The smallest absolute Gasteiger partial charge is 0.122 e. The third-order valence-corrected chi connectivity index (χ3v) is 3.42. The van der Waals surface area contributed by atoms with Crippen LogP contribution in [-0.4, -0.2) is 14.2 Å². The molecular weight excluding hydrogens is 202 g/mol. The van der Waals surface area contributed by atoms with Crippen LogP contribution in [0.3, 0.4) is 0 Å². The molecule has 0 aromatic heterocycles. The molecule has 1 aliphatic rings. The highest BCUT2D eigenvalue weighted by Gasteiger charge is 2.26. The second-order valence-electron chi connectivity index (χ2n) is 4.36. The van der Waals surface area contributed by atoms with E-state index in [0.29, 0.717) is 5.92 Å². The molecule has 1 saturated carbocycles. The average Bonchev–Trinajstić information content (AvgIpc) is 2.26. The van der Waals surface area contributed by atoms with Crippen LogP contribution < -0.4 is 15.2 Å². The molecule has 16 heavy (non-hydrogen) atoms. The lowest BCUT2D eigenvalue weighted by Gasteiger charge is -2.31. The molecule has 0 aliphatic heterocycles. The molecule has 1 aromatic rings. The first-order valence-electron chi connectivity index (χ1n) is 5.73. The van der Waals surface area contributed by atoms with Crippen molar-refractivity contribution in [3.8, 4) is 11.5 Å². The molecule has 0 bridgehead atoms. The fourth-order valence-corrected chi connectivity index (χ4v) is 2.09. The zero-order valence-electron chi connectivity index (χ0n) is 9.90. The summed E-state index contributed by atoms with van der Waals surface area (Å²) in [5.41, 5.74) is 7.35. The summed E-state index contributed by atoms with van der Waals surface area (Å²) in [5.74, 6) is 2.24. The Bertz CT molecular complexity index is 339. The summed E-state index contributed by atoms with van der Waals surface area (Å²) >= 11 is 0. The molecule has 2 N–H and O–H groups in total. The van der Waals surface area contributed by atoms with Crippen LogP contribution in [0.4, 0.5) is 0 Å². The molecule has 1 aliphatic carbocycles. The fraction of sp³-hybridized carbons (Fsp3) is 0.538. The van der Waals surface area contributed by atoms with Gasteiger partial charge in [0.25, 0.3) is 0 Å². The zero-order chi connectivity index (χ0) is 11.5. The van der Waals surface area contributed by atoms with Crippen molar-refractivity contribution >= 4 is 0 Å². The van der Waals surface area contributed by atoms with Gasteiger partial charge >= 0.3 is 0 Å². The lowest BCUT2D eigenvalue weighted by molar-refractivity contribution is 0.263. The molecule has 0 saturated heterocycles. The van der Waals surface area contributed by atoms with E-state index in [9.17, 15) is 0 Å². The fourth-order valence-electron chi connectivity index (χ4n) is 2.09. The molecule has 1 atom stereocenters. The molecular formula is C13H19NO2. The van der Waals surface area contributed by atoms with Crippen LogP contribution in [0.15, 0.2) is 18.2 Å². The van der Waals surface area contributed by atoms with Gasteiger partial charge in [-0.05, 0) is 36.5 Å². The normalized spacial score (nSPS) is 17.7. The van der Waals surface area contributed by atoms with Gasteiger partial charge in [-0.3, -0.25) is 0 Å². The molecule has 1 aromatic carbocycles. The van der Waals surface area contributed by atoms with E-state index >= 15 is 0 Å². The highest BCUT2D eigenvalue weighted by molar-refractivity contribution is 5.40. The summed E-state index contributed by atoms with van der Waals surface area (Å²) in [6.07, 6.45) is 3.78. The van der Waals surface area contributed by atoms with Crippen molar-refractivity contribution in [2.45, 2.75) is 25.3 Å². The minimum Gasteiger partial charge on any atom is -0.497 e. The van der Waals surface area contributed by atoms with Crippen LogP contribution in [0, 0.1) is 5.92 Å². The third-order valence-electron chi connectivity index (χ3n) is 3.42. The van der Waals surface area contributed by atoms with E-state index in [1.54, 1.807) is 14.2 Å². The molecule has 0 unspecified atom stereocenters. The monoisotopic (exact) mass is 221 g/mol. The maximum Gasteiger partial charge on any atom is 0.122 e. The average molecular weight is 221 g/mol. The van der Waals surface area contributed by atoms with Crippen LogP contribution in [0.2, 0.25) is 0 Å². The Morgan fingerprint density at radius 1 is 1.12 bits per heavy atom. The number of hydrogen-bond donors (Lipinski definition) is 1. The summed E-state index contributed by atoms with van der Waals surface area (Å²) < 4.78 is 10.5. The summed E-state index contributed by atoms with van der Waals surface area (Å²) in [5, 5.41) is 0. The van der Waals surface area contributed by atoms with Gasteiger partial charge in [0.15, 0.2) is 0 Å². The van der Waals surface area contributed by atoms with E-state index in [2.05, 4.69) is 0 Å². The first-order valence-corrected chi connectivity index (χ1v) is 5.73. The van der Waals surface area contributed by atoms with Crippen molar-refractivity contribution in [1.29, 1.82) is 0 Å². The summed E-state index contributed by atoms with van der Waals surface area (Å²) in [4.78, 5) is 0. The quantitative estimate of drug-likeness (QED) is 0.849. The van der Waals surface area contributed by atoms with Crippen molar-refractivity contribution in [3.63, 3.8) is 0 Å². The van der Waals surface area contributed by atoms with Gasteiger partial charge in [0.2, 0.25) is 0 Å². The third kappa shape index (κ3) is 2.14. The van der Waals surface area contributed by atoms with Crippen molar-refractivity contribution in [1.82, 2.24) is 0 Å². The van der Waals surface area contributed by atoms with Gasteiger partial charge in [-0.25, -0.2) is 0 Å². The number of hydrogen-bond acceptors (Lipinski definition) is 3. The topological polar surface area (TPSA) is 44.5 Å². The molecule has 0 spiro atoms. The molecule has 2 rings (SSSR count). The number of benzene rings is 1. The van der Waals surface area contributed by atoms with Gasteiger partial charge in [-0.15, -0.1) is 0 Å². The van der Waals surface area contributed by atoms with Gasteiger partial charge in [-0.2, -0.15) is 0 Å². The minimum absolute atomic E-state index is 0.109. The molecule has 88 valence electrons. The molecule has 1 fully saturated rings. The molecule has 3 nitrogen and oxygen atoms in total. The van der Waals surface area contributed by atoms with Gasteiger partial charge in [0.1, 0.15) is 11.5 Å². The molecule has 0 amide bonds. The lowest BCUT2D eigenvalue weighted by Crippen LogP contribution is -2.26. The van der Waals surface area contributed by atoms with E-state index in [0.717, 1.165) is 17.1 Å². The number of methoxy groups -OCH3 is 2. The van der Waals surface area contributed by atoms with Crippen molar-refractivity contribution in [2.75, 3.05) is 14.2 Å². The zero-order valence-corrected chi connectivity index (χ0v) is 9.90. The number of nitrogens with two attached hydrogens (primary N) is 1. The highest BCUT2D eigenvalue weighted by atomic mass is 16.5. The molecule has 0 radical (unpaired) electrons. The number of ether oxygens (including phenoxy) is 2. The molecule has 3 heteroatoms. The lowest BCUT2D eigenvalue weighted by atomic mass is 9.77. The summed E-state index contributed by atoms with van der Waals surface area (Å²) in [6, 6.07) is 5.99. The van der Waals surface area contributed by atoms with E-state index in [-0.39, 0.29) is 6.04 Å². The number of rotatable bonds is 4. The summed E-state index contributed by atoms with van der Waals surface area (Å²) in [7, 11) is 3.32. The van der Waals surface area contributed by atoms with Crippen LogP contribution in [-0.2, 0) is 0 Å². The van der Waals surface area contributed by atoms with Crippen LogP contribution in [0.1, 0.15) is 30.9 Å². The molecule has 0 heterocycles. The standard InChI is InChI=1S/C13H19NO2/c1-15-11-6-10(7-12(8-11)16-2)13(14)9-4-3-5-9/h6-9,13H,3-5,14H2,1-2H3/t13-/m1/s1. The Morgan fingerprint density at radius 2 is 1.69 bits per heavy atom. The Kier molecular flexibility index (Phi) is 3.34. The maximum absolute atomic E-state index is 6.24. The minimum atomic E-state index is 0.109. The van der Waals surface area contributed by atoms with Crippen LogP contribution in [0.25, 0.3) is 0 Å². The second-order valence-corrected chi connectivity index (χ2v) is 4.36. The van der Waals surface area contributed by atoms with Gasteiger partial charge in [-0.1, -0.05) is 6.42 Å². The Morgan fingerprint density at radius 3 is 2.06 bits per heavy atom. The predicted molar refractivity (Wildman–Crippen MR) is 63.8 cm³/mol. The van der Waals surface area contributed by atoms with Crippen molar-refractivity contribution in [3.05, 3.63) is 23.8 Å². The van der Waals surface area contributed by atoms with Crippen LogP contribution in [0.5, 0.6) is 11.5 Å². The Balaban J connectivity index is 2.24. The van der Waals surface area contributed by atoms with E-state index in [1.807, 2.05) is 18.2 Å². The van der Waals surface area contributed by atoms with Crippen LogP contribution >= 0.6 is 0 Å². The van der Waals surface area contributed by atoms with Crippen molar-refractivity contribution in [2.24, 2.45) is 11.7 Å². The first-order chi connectivity index (χ1) is 7.74. The predicted octanol–water partition coefficient (Wildman–Crippen LogP) is 2.50. The van der Waals surface area contributed by atoms with Gasteiger partial charge in [0, 0.05) is 12.1 Å². The van der Waals surface area contributed by atoms with Gasteiger partial charge in [0.05, 0.1) is 14.2 Å². The largest absolute Gasteiger partial charge is 0.497 e. The van der Waals surface area contributed by atoms with E-state index in [4.69, 9.17) is 15.2 Å². The maximum atomic E-state index is 6.24. The van der Waals surface area contributed by atoms with E-state index in [1.165, 1.54) is 19.3 Å². The van der Waals surface area contributed by atoms with E-state index < -0.39 is 0 Å². The first kappa shape index (κ1) is 11.3.